The van der Waals surface area contributed by atoms with Gasteiger partial charge in [-0.15, -0.1) is 0 Å². The molecule has 1 atom stereocenters. The van der Waals surface area contributed by atoms with Crippen molar-refractivity contribution in [3.8, 4) is 0 Å². The quantitative estimate of drug-likeness (QED) is 0.863. The summed E-state index contributed by atoms with van der Waals surface area (Å²) < 4.78 is 2.04. The summed E-state index contributed by atoms with van der Waals surface area (Å²) in [6.07, 6.45) is 2.35. The topological polar surface area (TPSA) is 78.6 Å². The Labute approximate surface area is 144 Å². The lowest BCUT2D eigenvalue weighted by molar-refractivity contribution is -0.150. The molecule has 0 bridgehead atoms. The zero-order chi connectivity index (χ0) is 18.1. The van der Waals surface area contributed by atoms with Crippen LogP contribution in [-0.4, -0.2) is 50.1 Å². The Bertz CT molecular complexity index is 567. The van der Waals surface area contributed by atoms with Crippen molar-refractivity contribution >= 4 is 5.97 Å². The molecule has 0 saturated carbocycles. The zero-order valence-electron chi connectivity index (χ0n) is 15.5. The van der Waals surface area contributed by atoms with Crippen LogP contribution in [0.5, 0.6) is 0 Å². The number of aromatic nitrogens is 2. The van der Waals surface area contributed by atoms with Gasteiger partial charge in [0, 0.05) is 18.3 Å². The number of rotatable bonds is 5. The Balaban J connectivity index is 2.04. The lowest BCUT2D eigenvalue weighted by Crippen LogP contribution is -2.40. The van der Waals surface area contributed by atoms with Crippen LogP contribution < -0.4 is 0 Å². The molecule has 6 nitrogen and oxygen atoms in total. The van der Waals surface area contributed by atoms with Crippen molar-refractivity contribution in [3.05, 3.63) is 17.5 Å². The van der Waals surface area contributed by atoms with E-state index in [2.05, 4.69) is 45.7 Å². The molecule has 1 unspecified atom stereocenters. The van der Waals surface area contributed by atoms with Crippen LogP contribution in [0.15, 0.2) is 6.20 Å². The number of aliphatic carboxylic acids is 1. The van der Waals surface area contributed by atoms with Gasteiger partial charge in [0.15, 0.2) is 6.10 Å². The van der Waals surface area contributed by atoms with Gasteiger partial charge in [-0.2, -0.15) is 5.10 Å². The summed E-state index contributed by atoms with van der Waals surface area (Å²) in [5, 5.41) is 23.4. The van der Waals surface area contributed by atoms with Gasteiger partial charge < -0.3 is 10.2 Å². The molecule has 1 fully saturated rings. The van der Waals surface area contributed by atoms with Crippen molar-refractivity contribution in [1.29, 1.82) is 0 Å². The molecule has 0 amide bonds. The summed E-state index contributed by atoms with van der Waals surface area (Å²) in [6, 6.07) is 0. The van der Waals surface area contributed by atoms with Gasteiger partial charge in [-0.05, 0) is 58.5 Å². The molecule has 1 aliphatic heterocycles. The van der Waals surface area contributed by atoms with E-state index >= 15 is 0 Å². The van der Waals surface area contributed by atoms with E-state index in [1.165, 1.54) is 5.56 Å². The smallest absolute Gasteiger partial charge is 0.332 e. The van der Waals surface area contributed by atoms with Gasteiger partial charge in [-0.1, -0.05) is 13.8 Å². The third-order valence-electron chi connectivity index (χ3n) is 4.78. The van der Waals surface area contributed by atoms with Crippen molar-refractivity contribution < 1.29 is 15.0 Å². The van der Waals surface area contributed by atoms with Crippen molar-refractivity contribution in [2.75, 3.05) is 13.1 Å². The Kier molecular flexibility index (Phi) is 5.71. The van der Waals surface area contributed by atoms with Gasteiger partial charge in [0.2, 0.25) is 0 Å². The van der Waals surface area contributed by atoms with Crippen LogP contribution in [0.2, 0.25) is 0 Å². The maximum Gasteiger partial charge on any atom is 0.332 e. The Morgan fingerprint density at radius 1 is 1.33 bits per heavy atom. The number of likely N-dealkylation sites (tertiary alicyclic amines) is 1. The van der Waals surface area contributed by atoms with Gasteiger partial charge in [-0.3, -0.25) is 9.58 Å². The normalized spacial score (nSPS) is 19.0. The molecule has 2 N–H and O–H groups in total. The molecule has 0 spiro atoms. The largest absolute Gasteiger partial charge is 0.479 e. The standard InChI is InChI=1S/C18H31N3O3/c1-12(2)15-14(11-21(19-15)18(3,4)5)10-20-8-6-13(7-9-20)16(22)17(23)24/h11-13,16,22H,6-10H2,1-5H3,(H,23,24). The fourth-order valence-electron chi connectivity index (χ4n) is 3.24. The minimum Gasteiger partial charge on any atom is -0.479 e. The molecule has 0 radical (unpaired) electrons. The molecule has 1 aliphatic rings. The molecule has 2 heterocycles. The minimum atomic E-state index is -1.23. The third kappa shape index (κ3) is 4.36. The van der Waals surface area contributed by atoms with Gasteiger partial charge in [-0.25, -0.2) is 4.79 Å². The van der Waals surface area contributed by atoms with E-state index < -0.39 is 12.1 Å². The van der Waals surface area contributed by atoms with Crippen LogP contribution in [0.25, 0.3) is 0 Å². The highest BCUT2D eigenvalue weighted by Gasteiger charge is 2.30. The minimum absolute atomic E-state index is 0.0412. The summed E-state index contributed by atoms with van der Waals surface area (Å²) in [7, 11) is 0. The number of aliphatic hydroxyl groups is 1. The molecule has 2 rings (SSSR count). The second-order valence-electron chi connectivity index (χ2n) is 8.21. The molecule has 24 heavy (non-hydrogen) atoms. The van der Waals surface area contributed by atoms with Crippen molar-refractivity contribution in [2.24, 2.45) is 5.92 Å². The van der Waals surface area contributed by atoms with Crippen LogP contribution in [0, 0.1) is 5.92 Å². The summed E-state index contributed by atoms with van der Waals surface area (Å²) in [6.45, 7) is 13.2. The van der Waals surface area contributed by atoms with E-state index in [1.54, 1.807) is 0 Å². The first-order valence-corrected chi connectivity index (χ1v) is 8.81. The number of carboxylic acids is 1. The van der Waals surface area contributed by atoms with Gasteiger partial charge in [0.05, 0.1) is 11.2 Å². The lowest BCUT2D eigenvalue weighted by Gasteiger charge is -2.33. The monoisotopic (exact) mass is 337 g/mol. The lowest BCUT2D eigenvalue weighted by atomic mass is 9.91. The zero-order valence-corrected chi connectivity index (χ0v) is 15.5. The molecule has 0 aliphatic carbocycles. The fraction of sp³-hybridized carbons (Fsp3) is 0.778. The molecule has 1 saturated heterocycles. The predicted molar refractivity (Wildman–Crippen MR) is 93.0 cm³/mol. The van der Waals surface area contributed by atoms with E-state index in [9.17, 15) is 9.90 Å². The average molecular weight is 337 g/mol. The number of nitrogens with zero attached hydrogens (tertiary/aromatic N) is 3. The van der Waals surface area contributed by atoms with Gasteiger partial charge >= 0.3 is 5.97 Å². The SMILES string of the molecule is CC(C)c1nn(C(C)(C)C)cc1CN1CCC(C(O)C(=O)O)CC1. The van der Waals surface area contributed by atoms with Gasteiger partial charge in [0.1, 0.15) is 0 Å². The highest BCUT2D eigenvalue weighted by Crippen LogP contribution is 2.26. The first-order valence-electron chi connectivity index (χ1n) is 8.81. The number of piperidine rings is 1. The number of carbonyl (C=O) groups is 1. The van der Waals surface area contributed by atoms with Crippen LogP contribution in [0.3, 0.4) is 0 Å². The maximum absolute atomic E-state index is 10.9. The number of aliphatic hydroxyl groups excluding tert-OH is 1. The molecule has 136 valence electrons. The molecular weight excluding hydrogens is 306 g/mol. The Hall–Kier alpha value is -1.40. The second kappa shape index (κ2) is 7.23. The summed E-state index contributed by atoms with van der Waals surface area (Å²) in [4.78, 5) is 13.2. The van der Waals surface area contributed by atoms with E-state index in [4.69, 9.17) is 10.2 Å². The molecular formula is C18H31N3O3. The average Bonchev–Trinajstić information content (AvgIpc) is 2.91. The van der Waals surface area contributed by atoms with Crippen LogP contribution >= 0.6 is 0 Å². The van der Waals surface area contributed by atoms with E-state index in [1.807, 2.05) is 4.68 Å². The first-order chi connectivity index (χ1) is 11.1. The predicted octanol–water partition coefficient (Wildman–Crippen LogP) is 2.42. The summed E-state index contributed by atoms with van der Waals surface area (Å²) >= 11 is 0. The number of hydrogen-bond donors (Lipinski definition) is 2. The van der Waals surface area contributed by atoms with Crippen LogP contribution in [-0.2, 0) is 16.9 Å². The van der Waals surface area contributed by atoms with E-state index in [-0.39, 0.29) is 11.5 Å². The molecule has 1 aromatic rings. The van der Waals surface area contributed by atoms with E-state index in [0.29, 0.717) is 5.92 Å². The highest BCUT2D eigenvalue weighted by atomic mass is 16.4. The molecule has 6 heteroatoms. The van der Waals surface area contributed by atoms with Gasteiger partial charge in [0.25, 0.3) is 0 Å². The highest BCUT2D eigenvalue weighted by molar-refractivity contribution is 5.72. The summed E-state index contributed by atoms with van der Waals surface area (Å²) in [5.41, 5.74) is 2.34. The Morgan fingerprint density at radius 2 is 1.92 bits per heavy atom. The van der Waals surface area contributed by atoms with Crippen molar-refractivity contribution in [3.63, 3.8) is 0 Å². The third-order valence-corrected chi connectivity index (χ3v) is 4.78. The molecule has 1 aromatic heterocycles. The second-order valence-corrected chi connectivity index (χ2v) is 8.21. The van der Waals surface area contributed by atoms with Crippen molar-refractivity contribution in [1.82, 2.24) is 14.7 Å². The van der Waals surface area contributed by atoms with E-state index in [0.717, 1.165) is 38.2 Å². The van der Waals surface area contributed by atoms with Crippen LogP contribution in [0.4, 0.5) is 0 Å². The Morgan fingerprint density at radius 3 is 2.38 bits per heavy atom. The maximum atomic E-state index is 10.9. The number of hydrogen-bond acceptors (Lipinski definition) is 4. The summed E-state index contributed by atoms with van der Waals surface area (Å²) in [5.74, 6) is -0.877. The first kappa shape index (κ1) is 18.9. The van der Waals surface area contributed by atoms with Crippen molar-refractivity contribution in [2.45, 2.75) is 71.6 Å². The number of carboxylic acid groups (broad SMARTS) is 1. The fourth-order valence-corrected chi connectivity index (χ4v) is 3.24. The van der Waals surface area contributed by atoms with Crippen LogP contribution in [0.1, 0.15) is 64.6 Å². The molecule has 0 aromatic carbocycles.